The Balaban J connectivity index is 1.74. The number of nitrogens with one attached hydrogen (secondary N) is 2. The maximum Gasteiger partial charge on any atom is 0.317 e. The molecule has 1 aliphatic heterocycles. The monoisotopic (exact) mass is 317 g/mol. The second-order valence-electron chi connectivity index (χ2n) is 6.16. The van der Waals surface area contributed by atoms with E-state index in [9.17, 15) is 9.59 Å². The molecule has 1 fully saturated rings. The van der Waals surface area contributed by atoms with E-state index in [0.717, 1.165) is 30.4 Å². The van der Waals surface area contributed by atoms with E-state index in [1.807, 2.05) is 43.0 Å². The molecule has 5 heteroatoms. The maximum absolute atomic E-state index is 12.2. The zero-order valence-corrected chi connectivity index (χ0v) is 14.1. The standard InChI is InChI=1S/C18H27N3O2/c1-3-10-19-18(23)21-11-8-16(9-12-21)20-17(22)13-15-7-5-4-6-14(15)2/h4-7,16H,3,8-13H2,1-2H3,(H,19,23)(H,20,22). The second-order valence-corrected chi connectivity index (χ2v) is 6.16. The third-order valence-electron chi connectivity index (χ3n) is 4.29. The fraction of sp³-hybridized carbons (Fsp3) is 0.556. The van der Waals surface area contributed by atoms with Crippen molar-refractivity contribution in [3.05, 3.63) is 35.4 Å². The normalized spacial score (nSPS) is 15.3. The Morgan fingerprint density at radius 1 is 1.22 bits per heavy atom. The molecule has 1 aliphatic rings. The van der Waals surface area contributed by atoms with Crippen molar-refractivity contribution < 1.29 is 9.59 Å². The molecule has 0 aliphatic carbocycles. The molecule has 0 saturated carbocycles. The minimum absolute atomic E-state index is 0.0107. The smallest absolute Gasteiger partial charge is 0.317 e. The van der Waals surface area contributed by atoms with E-state index in [2.05, 4.69) is 10.6 Å². The first-order valence-electron chi connectivity index (χ1n) is 8.46. The SMILES string of the molecule is CCCNC(=O)N1CCC(NC(=O)Cc2ccccc2C)CC1. The number of nitrogens with zero attached hydrogens (tertiary/aromatic N) is 1. The van der Waals surface area contributed by atoms with Gasteiger partial charge in [-0.15, -0.1) is 0 Å². The van der Waals surface area contributed by atoms with Gasteiger partial charge in [-0.3, -0.25) is 4.79 Å². The highest BCUT2D eigenvalue weighted by atomic mass is 16.2. The van der Waals surface area contributed by atoms with Gasteiger partial charge in [-0.1, -0.05) is 31.2 Å². The molecular formula is C18H27N3O2. The molecule has 0 aromatic heterocycles. The predicted molar refractivity (Wildman–Crippen MR) is 91.3 cm³/mol. The number of rotatable bonds is 5. The molecule has 0 radical (unpaired) electrons. The lowest BCUT2D eigenvalue weighted by Crippen LogP contribution is -2.49. The van der Waals surface area contributed by atoms with Crippen molar-refractivity contribution >= 4 is 11.9 Å². The van der Waals surface area contributed by atoms with Gasteiger partial charge in [0, 0.05) is 25.7 Å². The van der Waals surface area contributed by atoms with Gasteiger partial charge in [-0.2, -0.15) is 0 Å². The van der Waals surface area contributed by atoms with Gasteiger partial charge in [0.1, 0.15) is 0 Å². The summed E-state index contributed by atoms with van der Waals surface area (Å²) in [5.74, 6) is 0.0631. The Kier molecular flexibility index (Phi) is 6.44. The number of piperidine rings is 1. The molecule has 23 heavy (non-hydrogen) atoms. The van der Waals surface area contributed by atoms with Crippen molar-refractivity contribution in [2.45, 2.75) is 45.6 Å². The zero-order valence-electron chi connectivity index (χ0n) is 14.1. The van der Waals surface area contributed by atoms with Crippen LogP contribution in [0.3, 0.4) is 0 Å². The molecule has 0 bridgehead atoms. The van der Waals surface area contributed by atoms with Crippen LogP contribution in [0.1, 0.15) is 37.3 Å². The molecule has 126 valence electrons. The van der Waals surface area contributed by atoms with Gasteiger partial charge >= 0.3 is 6.03 Å². The molecule has 0 atom stereocenters. The average Bonchev–Trinajstić information content (AvgIpc) is 2.55. The summed E-state index contributed by atoms with van der Waals surface area (Å²) in [7, 11) is 0. The first kappa shape index (κ1) is 17.3. The molecule has 1 aromatic carbocycles. The largest absolute Gasteiger partial charge is 0.353 e. The van der Waals surface area contributed by atoms with Gasteiger partial charge in [0.25, 0.3) is 0 Å². The summed E-state index contributed by atoms with van der Waals surface area (Å²) < 4.78 is 0. The molecule has 2 N–H and O–H groups in total. The third-order valence-corrected chi connectivity index (χ3v) is 4.29. The van der Waals surface area contributed by atoms with Crippen LogP contribution in [0.15, 0.2) is 24.3 Å². The van der Waals surface area contributed by atoms with Crippen LogP contribution < -0.4 is 10.6 Å². The summed E-state index contributed by atoms with van der Waals surface area (Å²) in [5.41, 5.74) is 2.21. The van der Waals surface area contributed by atoms with Gasteiger partial charge in [0.15, 0.2) is 0 Å². The van der Waals surface area contributed by atoms with E-state index in [1.165, 1.54) is 0 Å². The summed E-state index contributed by atoms with van der Waals surface area (Å²) in [5, 5.41) is 6.00. The van der Waals surface area contributed by atoms with Crippen LogP contribution in [0.5, 0.6) is 0 Å². The van der Waals surface area contributed by atoms with E-state index in [1.54, 1.807) is 0 Å². The van der Waals surface area contributed by atoms with Crippen molar-refractivity contribution in [2.75, 3.05) is 19.6 Å². The number of urea groups is 1. The van der Waals surface area contributed by atoms with Gasteiger partial charge in [-0.05, 0) is 37.3 Å². The Bertz CT molecular complexity index is 537. The van der Waals surface area contributed by atoms with E-state index in [0.29, 0.717) is 26.1 Å². The number of amides is 3. The summed E-state index contributed by atoms with van der Waals surface area (Å²) in [6.07, 6.45) is 3.00. The minimum atomic E-state index is 0.0107. The first-order valence-corrected chi connectivity index (χ1v) is 8.46. The van der Waals surface area contributed by atoms with Gasteiger partial charge < -0.3 is 15.5 Å². The molecule has 3 amide bonds. The highest BCUT2D eigenvalue weighted by Crippen LogP contribution is 2.12. The van der Waals surface area contributed by atoms with Crippen LogP contribution in [0, 0.1) is 6.92 Å². The van der Waals surface area contributed by atoms with Crippen LogP contribution in [0.4, 0.5) is 4.79 Å². The minimum Gasteiger partial charge on any atom is -0.353 e. The second kappa shape index (κ2) is 8.56. The van der Waals surface area contributed by atoms with E-state index in [-0.39, 0.29) is 18.0 Å². The van der Waals surface area contributed by atoms with Crippen molar-refractivity contribution in [1.29, 1.82) is 0 Å². The van der Waals surface area contributed by atoms with Gasteiger partial charge in [-0.25, -0.2) is 4.79 Å². The number of aryl methyl sites for hydroxylation is 1. The van der Waals surface area contributed by atoms with E-state index >= 15 is 0 Å². The molecule has 2 rings (SSSR count). The van der Waals surface area contributed by atoms with Crippen molar-refractivity contribution in [1.82, 2.24) is 15.5 Å². The Morgan fingerprint density at radius 2 is 1.91 bits per heavy atom. The molecular weight excluding hydrogens is 290 g/mol. The summed E-state index contributed by atoms with van der Waals surface area (Å²) >= 11 is 0. The van der Waals surface area contributed by atoms with E-state index in [4.69, 9.17) is 0 Å². The number of carbonyl (C=O) groups excluding carboxylic acids is 2. The Hall–Kier alpha value is -2.04. The molecule has 1 aromatic rings. The van der Waals surface area contributed by atoms with Crippen LogP contribution in [0.25, 0.3) is 0 Å². The lowest BCUT2D eigenvalue weighted by molar-refractivity contribution is -0.121. The van der Waals surface area contributed by atoms with Crippen molar-refractivity contribution in [3.63, 3.8) is 0 Å². The summed E-state index contributed by atoms with van der Waals surface area (Å²) in [6.45, 7) is 6.17. The molecule has 1 heterocycles. The number of hydrogen-bond donors (Lipinski definition) is 2. The van der Waals surface area contributed by atoms with Crippen molar-refractivity contribution in [2.24, 2.45) is 0 Å². The molecule has 0 spiro atoms. The average molecular weight is 317 g/mol. The third kappa shape index (κ3) is 5.27. The topological polar surface area (TPSA) is 61.4 Å². The predicted octanol–water partition coefficient (Wildman–Crippen LogP) is 2.24. The highest BCUT2D eigenvalue weighted by molar-refractivity contribution is 5.79. The first-order chi connectivity index (χ1) is 11.1. The maximum atomic E-state index is 12.2. The quantitative estimate of drug-likeness (QED) is 0.875. The van der Waals surface area contributed by atoms with E-state index < -0.39 is 0 Å². The number of likely N-dealkylation sites (tertiary alicyclic amines) is 1. The lowest BCUT2D eigenvalue weighted by Gasteiger charge is -2.32. The zero-order chi connectivity index (χ0) is 16.7. The summed E-state index contributed by atoms with van der Waals surface area (Å²) in [4.78, 5) is 25.9. The van der Waals surface area contributed by atoms with Crippen LogP contribution in [-0.2, 0) is 11.2 Å². The number of hydrogen-bond acceptors (Lipinski definition) is 2. The fourth-order valence-electron chi connectivity index (χ4n) is 2.83. The lowest BCUT2D eigenvalue weighted by atomic mass is 10.0. The number of benzene rings is 1. The molecule has 5 nitrogen and oxygen atoms in total. The van der Waals surface area contributed by atoms with Crippen LogP contribution in [-0.4, -0.2) is 42.5 Å². The van der Waals surface area contributed by atoms with Crippen molar-refractivity contribution in [3.8, 4) is 0 Å². The Morgan fingerprint density at radius 3 is 2.57 bits per heavy atom. The number of carbonyl (C=O) groups is 2. The summed E-state index contributed by atoms with van der Waals surface area (Å²) in [6, 6.07) is 8.14. The highest BCUT2D eigenvalue weighted by Gasteiger charge is 2.23. The van der Waals surface area contributed by atoms with Crippen LogP contribution >= 0.6 is 0 Å². The van der Waals surface area contributed by atoms with Gasteiger partial charge in [0.05, 0.1) is 6.42 Å². The fourth-order valence-corrected chi connectivity index (χ4v) is 2.83. The van der Waals surface area contributed by atoms with Gasteiger partial charge in [0.2, 0.25) is 5.91 Å². The molecule has 1 saturated heterocycles. The Labute approximate surface area is 138 Å². The molecule has 0 unspecified atom stereocenters. The van der Waals surface area contributed by atoms with Crippen LogP contribution in [0.2, 0.25) is 0 Å².